The first-order valence-electron chi connectivity index (χ1n) is 20.0. The van der Waals surface area contributed by atoms with Crippen molar-refractivity contribution in [2.75, 3.05) is 0 Å². The van der Waals surface area contributed by atoms with Gasteiger partial charge in [-0.05, 0) is 104 Å². The van der Waals surface area contributed by atoms with Gasteiger partial charge >= 0.3 is 0 Å². The first kappa shape index (κ1) is 33.1. The van der Waals surface area contributed by atoms with E-state index in [-0.39, 0.29) is 16.2 Å². The molecule has 11 rings (SSSR count). The molecule has 0 saturated carbocycles. The number of aromatic nitrogens is 2. The normalized spacial score (nSPS) is 18.6. The molecule has 0 bridgehead atoms. The number of benzene rings is 6. The van der Waals surface area contributed by atoms with E-state index in [2.05, 4.69) is 203 Å². The molecule has 0 amide bonds. The molecule has 0 fully saturated rings. The predicted octanol–water partition coefficient (Wildman–Crippen LogP) is 13.9. The molecule has 0 saturated heterocycles. The second-order valence-corrected chi connectivity index (χ2v) is 17.4. The Morgan fingerprint density at radius 1 is 0.500 bits per heavy atom. The minimum Gasteiger partial charge on any atom is -0.315 e. The van der Waals surface area contributed by atoms with Crippen molar-refractivity contribution >= 4 is 27.5 Å². The summed E-state index contributed by atoms with van der Waals surface area (Å²) in [6.45, 7) is 12.0. The Labute approximate surface area is 329 Å². The quantitative estimate of drug-likeness (QED) is 0.177. The van der Waals surface area contributed by atoms with Gasteiger partial charge in [-0.15, -0.1) is 0 Å². The third-order valence-corrected chi connectivity index (χ3v) is 13.5. The van der Waals surface area contributed by atoms with Crippen LogP contribution in [0.1, 0.15) is 63.3 Å². The number of rotatable bonds is 4. The van der Waals surface area contributed by atoms with Crippen LogP contribution in [-0.2, 0) is 16.2 Å². The lowest BCUT2D eigenvalue weighted by molar-refractivity contribution is 0.511. The van der Waals surface area contributed by atoms with Gasteiger partial charge in [0.25, 0.3) is 0 Å². The average molecular weight is 721 g/mol. The highest BCUT2D eigenvalue weighted by atomic mass is 15.0. The summed E-state index contributed by atoms with van der Waals surface area (Å²) in [5.74, 6) is 0. The minimum atomic E-state index is -0.128. The molecule has 0 N–H and O–H groups in total. The molecule has 3 aliphatic carbocycles. The van der Waals surface area contributed by atoms with Gasteiger partial charge in [0.2, 0.25) is 0 Å². The molecule has 2 heterocycles. The van der Waals surface area contributed by atoms with Gasteiger partial charge in [0, 0.05) is 44.5 Å². The summed E-state index contributed by atoms with van der Waals surface area (Å²) in [7, 11) is 0. The van der Waals surface area contributed by atoms with Gasteiger partial charge < -0.3 is 4.57 Å². The molecule has 2 heteroatoms. The van der Waals surface area contributed by atoms with Crippen LogP contribution in [0.4, 0.5) is 0 Å². The summed E-state index contributed by atoms with van der Waals surface area (Å²) in [6.07, 6.45) is 8.13. The first-order chi connectivity index (χ1) is 27.1. The second-order valence-electron chi connectivity index (χ2n) is 17.4. The summed E-state index contributed by atoms with van der Waals surface area (Å²) in [4.78, 5) is 5.49. The fourth-order valence-corrected chi connectivity index (χ4v) is 10.5. The van der Waals surface area contributed by atoms with E-state index in [9.17, 15) is 0 Å². The van der Waals surface area contributed by atoms with Crippen LogP contribution in [0, 0.1) is 0 Å². The number of pyridine rings is 1. The molecule has 1 unspecified atom stereocenters. The molecule has 2 aromatic heterocycles. The number of hydrogen-bond donors (Lipinski definition) is 0. The molecule has 2 nitrogen and oxygen atoms in total. The number of fused-ring (bicyclic) bond motifs is 9. The smallest absolute Gasteiger partial charge is 0.0955 e. The van der Waals surface area contributed by atoms with Gasteiger partial charge in [0.15, 0.2) is 0 Å². The summed E-state index contributed by atoms with van der Waals surface area (Å²) in [5.41, 5.74) is 20.1. The fourth-order valence-electron chi connectivity index (χ4n) is 10.5. The SMILES string of the molecule is CC1(C)C2=CC(n3ccc4ccc5ccc(-c6ccc7c(c6)C(C)(C)c6cc(-c8ccccc8)ccc6-7)nc5c43)=CCC2(C)c2ccc(-c3ccccc3)cc21. The van der Waals surface area contributed by atoms with Crippen LogP contribution in [0.2, 0.25) is 0 Å². The molecule has 1 atom stereocenters. The second kappa shape index (κ2) is 11.6. The van der Waals surface area contributed by atoms with Crippen LogP contribution in [0.3, 0.4) is 0 Å². The van der Waals surface area contributed by atoms with Crippen LogP contribution in [0.25, 0.3) is 72.1 Å². The Morgan fingerprint density at radius 3 is 1.79 bits per heavy atom. The highest BCUT2D eigenvalue weighted by Crippen LogP contribution is 2.58. The van der Waals surface area contributed by atoms with Crippen molar-refractivity contribution in [2.24, 2.45) is 0 Å². The van der Waals surface area contributed by atoms with Crippen molar-refractivity contribution in [3.63, 3.8) is 0 Å². The zero-order valence-electron chi connectivity index (χ0n) is 32.7. The Morgan fingerprint density at radius 2 is 1.09 bits per heavy atom. The molecule has 6 aromatic carbocycles. The van der Waals surface area contributed by atoms with Crippen LogP contribution in [0.15, 0.2) is 170 Å². The zero-order chi connectivity index (χ0) is 38.0. The molecular formula is C54H44N2. The number of allylic oxidation sites excluding steroid dienone is 4. The highest BCUT2D eigenvalue weighted by molar-refractivity contribution is 6.06. The number of nitrogens with zero attached hydrogens (tertiary/aromatic N) is 2. The largest absolute Gasteiger partial charge is 0.315 e. The average Bonchev–Trinajstić information content (AvgIpc) is 3.82. The lowest BCUT2D eigenvalue weighted by Crippen LogP contribution is -2.28. The monoisotopic (exact) mass is 720 g/mol. The molecular weight excluding hydrogens is 677 g/mol. The van der Waals surface area contributed by atoms with E-state index in [4.69, 9.17) is 4.98 Å². The topological polar surface area (TPSA) is 17.8 Å². The van der Waals surface area contributed by atoms with Crippen molar-refractivity contribution in [3.8, 4) is 44.6 Å². The minimum absolute atomic E-state index is 0.0435. The maximum absolute atomic E-state index is 5.49. The lowest BCUT2D eigenvalue weighted by Gasteiger charge is -2.35. The van der Waals surface area contributed by atoms with Crippen molar-refractivity contribution in [1.29, 1.82) is 0 Å². The summed E-state index contributed by atoms with van der Waals surface area (Å²) in [6, 6.07) is 53.7. The summed E-state index contributed by atoms with van der Waals surface area (Å²) < 4.78 is 2.39. The Bertz CT molecular complexity index is 2990. The lowest BCUT2D eigenvalue weighted by atomic mass is 9.70. The van der Waals surface area contributed by atoms with Crippen molar-refractivity contribution < 1.29 is 0 Å². The molecule has 0 spiro atoms. The summed E-state index contributed by atoms with van der Waals surface area (Å²) in [5, 5.41) is 2.36. The predicted molar refractivity (Wildman–Crippen MR) is 235 cm³/mol. The van der Waals surface area contributed by atoms with Gasteiger partial charge in [0.1, 0.15) is 0 Å². The van der Waals surface area contributed by atoms with Gasteiger partial charge in [-0.2, -0.15) is 0 Å². The maximum atomic E-state index is 5.49. The molecule has 8 aromatic rings. The standard InChI is InChI=1S/C54H44N2/c1-52(2)45-30-38(34-12-8-6-9-13-34)18-22-42(45)43-23-19-40(32-46(43)52)48-25-21-36-16-17-37-27-29-56(51(37)50(36)55-48)41-26-28-54(5)44-24-20-39(35-14-10-7-11-15-35)31-47(44)53(3,4)49(54)33-41/h6-27,29-33H,28H2,1-5H3. The van der Waals surface area contributed by atoms with E-state index in [1.54, 1.807) is 0 Å². The first-order valence-corrected chi connectivity index (χ1v) is 20.0. The van der Waals surface area contributed by atoms with Crippen molar-refractivity contribution in [2.45, 2.75) is 57.3 Å². The van der Waals surface area contributed by atoms with E-state index in [1.807, 2.05) is 0 Å². The van der Waals surface area contributed by atoms with Gasteiger partial charge in [0.05, 0.1) is 16.7 Å². The number of hydrogen-bond acceptors (Lipinski definition) is 1. The van der Waals surface area contributed by atoms with Crippen LogP contribution >= 0.6 is 0 Å². The molecule has 0 radical (unpaired) electrons. The van der Waals surface area contributed by atoms with E-state index in [0.717, 1.165) is 34.1 Å². The highest BCUT2D eigenvalue weighted by Gasteiger charge is 2.50. The Hall–Kier alpha value is -6.25. The summed E-state index contributed by atoms with van der Waals surface area (Å²) >= 11 is 0. The molecule has 0 aliphatic heterocycles. The molecule has 3 aliphatic rings. The van der Waals surface area contributed by atoms with Crippen LogP contribution in [0.5, 0.6) is 0 Å². The Kier molecular flexibility index (Phi) is 6.88. The van der Waals surface area contributed by atoms with Crippen molar-refractivity contribution in [3.05, 3.63) is 192 Å². The van der Waals surface area contributed by atoms with Gasteiger partial charge in [-0.25, -0.2) is 4.98 Å². The van der Waals surface area contributed by atoms with Gasteiger partial charge in [-0.1, -0.05) is 156 Å². The van der Waals surface area contributed by atoms with Gasteiger partial charge in [-0.3, -0.25) is 0 Å². The molecule has 56 heavy (non-hydrogen) atoms. The zero-order valence-corrected chi connectivity index (χ0v) is 32.7. The van der Waals surface area contributed by atoms with E-state index >= 15 is 0 Å². The van der Waals surface area contributed by atoms with E-state index in [1.165, 1.54) is 72.3 Å². The molecule has 270 valence electrons. The van der Waals surface area contributed by atoms with E-state index < -0.39 is 0 Å². The van der Waals surface area contributed by atoms with Crippen LogP contribution < -0.4 is 0 Å². The van der Waals surface area contributed by atoms with Crippen LogP contribution in [-0.4, -0.2) is 9.55 Å². The Balaban J connectivity index is 0.983. The van der Waals surface area contributed by atoms with E-state index in [0.29, 0.717) is 0 Å². The maximum Gasteiger partial charge on any atom is 0.0955 e. The third-order valence-electron chi connectivity index (χ3n) is 13.5. The van der Waals surface area contributed by atoms with Crippen molar-refractivity contribution in [1.82, 2.24) is 9.55 Å². The fraction of sp³-hybridized carbons (Fsp3) is 0.167. The third kappa shape index (κ3) is 4.65.